The third kappa shape index (κ3) is 4.01. The molecule has 0 aliphatic heterocycles. The van der Waals surface area contributed by atoms with Crippen molar-refractivity contribution < 1.29 is 28.1 Å². The van der Waals surface area contributed by atoms with Crippen LogP contribution in [0.25, 0.3) is 0 Å². The van der Waals surface area contributed by atoms with Gasteiger partial charge in [-0.3, -0.25) is 0 Å². The Morgan fingerprint density at radius 3 is 2.13 bits per heavy atom. The Hall–Kier alpha value is -2.09. The molecule has 124 valence electrons. The highest BCUT2D eigenvalue weighted by molar-refractivity contribution is 7.91. The van der Waals surface area contributed by atoms with Crippen LogP contribution in [0.5, 0.6) is 11.5 Å². The van der Waals surface area contributed by atoms with Gasteiger partial charge in [0.25, 0.3) is 0 Å². The molecule has 0 bridgehead atoms. The lowest BCUT2D eigenvalue weighted by molar-refractivity contribution is 0.175. The van der Waals surface area contributed by atoms with E-state index in [9.17, 15) is 8.42 Å². The fraction of sp³-hybridized carbons (Fsp3) is 0.250. The number of sulfone groups is 1. The molecule has 0 radical (unpaired) electrons. The van der Waals surface area contributed by atoms with Crippen molar-refractivity contribution in [1.82, 2.24) is 0 Å². The topological polar surface area (TPSA) is 93.1 Å². The van der Waals surface area contributed by atoms with Gasteiger partial charge in [-0.2, -0.15) is 0 Å². The largest absolute Gasteiger partial charge is 0.487 e. The molecule has 2 N–H and O–H groups in total. The zero-order valence-corrected chi connectivity index (χ0v) is 13.2. The van der Waals surface area contributed by atoms with Gasteiger partial charge in [-0.05, 0) is 24.3 Å². The summed E-state index contributed by atoms with van der Waals surface area (Å²) in [6.45, 7) is -0.546. The molecule has 6 nitrogen and oxygen atoms in total. The number of ether oxygens (including phenoxy) is 2. The average Bonchev–Trinajstić information content (AvgIpc) is 2.59. The third-order valence-electron chi connectivity index (χ3n) is 2.97. The van der Waals surface area contributed by atoms with E-state index in [4.69, 9.17) is 19.7 Å². The first-order chi connectivity index (χ1) is 11.1. The molecule has 0 fully saturated rings. The van der Waals surface area contributed by atoms with Gasteiger partial charge in [0, 0.05) is 0 Å². The molecule has 7 heteroatoms. The maximum absolute atomic E-state index is 12.8. The summed E-state index contributed by atoms with van der Waals surface area (Å²) in [5.41, 5.74) is 0. The molecule has 2 aromatic carbocycles. The summed E-state index contributed by atoms with van der Waals surface area (Å²) < 4.78 is 36.3. The highest BCUT2D eigenvalue weighted by atomic mass is 32.2. The minimum atomic E-state index is -3.80. The summed E-state index contributed by atoms with van der Waals surface area (Å²) >= 11 is 0. The number of rotatable bonds is 8. The molecule has 0 spiro atoms. The number of aliphatic hydroxyl groups is 2. The first-order valence-corrected chi connectivity index (χ1v) is 8.50. The lowest BCUT2D eigenvalue weighted by atomic mass is 10.3. The van der Waals surface area contributed by atoms with Crippen LogP contribution in [0.2, 0.25) is 0 Å². The van der Waals surface area contributed by atoms with Crippen LogP contribution >= 0.6 is 0 Å². The number of para-hydroxylation sites is 1. The van der Waals surface area contributed by atoms with Gasteiger partial charge in [0.15, 0.2) is 11.5 Å². The van der Waals surface area contributed by atoms with Crippen molar-refractivity contribution in [1.29, 1.82) is 0 Å². The van der Waals surface area contributed by atoms with Gasteiger partial charge >= 0.3 is 0 Å². The quantitative estimate of drug-likeness (QED) is 0.753. The number of hydrogen-bond donors (Lipinski definition) is 2. The number of benzene rings is 2. The van der Waals surface area contributed by atoms with Crippen LogP contribution in [0.15, 0.2) is 58.3 Å². The van der Waals surface area contributed by atoms with Crippen molar-refractivity contribution in [3.8, 4) is 11.5 Å². The van der Waals surface area contributed by atoms with Gasteiger partial charge in [0.2, 0.25) is 9.84 Å². The van der Waals surface area contributed by atoms with Crippen LogP contribution in [0, 0.1) is 0 Å². The van der Waals surface area contributed by atoms with Gasteiger partial charge < -0.3 is 19.7 Å². The van der Waals surface area contributed by atoms with E-state index < -0.39 is 9.84 Å². The van der Waals surface area contributed by atoms with Crippen molar-refractivity contribution in [3.05, 3.63) is 48.5 Å². The monoisotopic (exact) mass is 338 g/mol. The van der Waals surface area contributed by atoms with Gasteiger partial charge in [-0.1, -0.05) is 24.3 Å². The van der Waals surface area contributed by atoms with Crippen molar-refractivity contribution in [2.75, 3.05) is 26.4 Å². The van der Waals surface area contributed by atoms with Crippen molar-refractivity contribution >= 4 is 9.84 Å². The Kier molecular flexibility index (Phi) is 5.97. The molecule has 0 amide bonds. The normalized spacial score (nSPS) is 11.2. The van der Waals surface area contributed by atoms with E-state index in [1.54, 1.807) is 24.3 Å². The van der Waals surface area contributed by atoms with E-state index in [0.29, 0.717) is 0 Å². The number of hydrogen-bond acceptors (Lipinski definition) is 6. The summed E-state index contributed by atoms with van der Waals surface area (Å²) in [6.07, 6.45) is 0. The average molecular weight is 338 g/mol. The fourth-order valence-electron chi connectivity index (χ4n) is 1.99. The van der Waals surface area contributed by atoms with Crippen molar-refractivity contribution in [2.24, 2.45) is 0 Å². The Balaban J connectivity index is 2.52. The number of aliphatic hydroxyl groups excluding tert-OH is 2. The Bertz CT molecular complexity index is 727. The predicted octanol–water partition coefficient (Wildman–Crippen LogP) is 1.26. The molecule has 0 heterocycles. The third-order valence-corrected chi connectivity index (χ3v) is 4.77. The zero-order chi connectivity index (χ0) is 16.7. The maximum Gasteiger partial charge on any atom is 0.210 e. The molecular weight excluding hydrogens is 320 g/mol. The van der Waals surface area contributed by atoms with Crippen molar-refractivity contribution in [3.63, 3.8) is 0 Å². The van der Waals surface area contributed by atoms with Crippen molar-refractivity contribution in [2.45, 2.75) is 9.79 Å². The second kappa shape index (κ2) is 7.96. The molecule has 0 aliphatic rings. The van der Waals surface area contributed by atoms with E-state index in [1.165, 1.54) is 24.3 Å². The van der Waals surface area contributed by atoms with Crippen LogP contribution in [0.3, 0.4) is 0 Å². The second-order valence-corrected chi connectivity index (χ2v) is 6.46. The summed E-state index contributed by atoms with van der Waals surface area (Å²) in [4.78, 5) is 0.0840. The summed E-state index contributed by atoms with van der Waals surface area (Å²) in [7, 11) is -3.80. The van der Waals surface area contributed by atoms with E-state index >= 15 is 0 Å². The Labute approximate surface area is 134 Å². The van der Waals surface area contributed by atoms with E-state index in [-0.39, 0.29) is 47.7 Å². The van der Waals surface area contributed by atoms with E-state index in [2.05, 4.69) is 0 Å². The summed E-state index contributed by atoms with van der Waals surface area (Å²) in [6, 6.07) is 12.5. The fourth-order valence-corrected chi connectivity index (χ4v) is 3.42. The highest BCUT2D eigenvalue weighted by Crippen LogP contribution is 2.37. The predicted molar refractivity (Wildman–Crippen MR) is 83.5 cm³/mol. The smallest absolute Gasteiger partial charge is 0.210 e. The molecule has 23 heavy (non-hydrogen) atoms. The zero-order valence-electron chi connectivity index (χ0n) is 12.4. The Morgan fingerprint density at radius 2 is 1.48 bits per heavy atom. The maximum atomic E-state index is 12.8. The van der Waals surface area contributed by atoms with Crippen LogP contribution in [-0.2, 0) is 9.84 Å². The Morgan fingerprint density at radius 1 is 0.826 bits per heavy atom. The standard InChI is InChI=1S/C16H18O6S/c17-9-11-21-14-7-4-8-15(16(14)22-12-10-18)23(19,20)13-5-2-1-3-6-13/h1-8,17-18H,9-12H2. The second-order valence-electron chi connectivity index (χ2n) is 4.54. The SMILES string of the molecule is O=S(=O)(c1ccccc1)c1cccc(OCCO)c1OCCO. The van der Waals surface area contributed by atoms with Gasteiger partial charge in [-0.15, -0.1) is 0 Å². The lowest BCUT2D eigenvalue weighted by Crippen LogP contribution is -2.11. The first-order valence-electron chi connectivity index (χ1n) is 7.01. The lowest BCUT2D eigenvalue weighted by Gasteiger charge is -2.16. The molecule has 2 aromatic rings. The molecular formula is C16H18O6S. The van der Waals surface area contributed by atoms with Gasteiger partial charge in [-0.25, -0.2) is 8.42 Å². The minimum absolute atomic E-state index is 0.00429. The van der Waals surface area contributed by atoms with Crippen LogP contribution in [0.4, 0.5) is 0 Å². The van der Waals surface area contributed by atoms with Crippen LogP contribution in [-0.4, -0.2) is 45.1 Å². The van der Waals surface area contributed by atoms with E-state index in [0.717, 1.165) is 0 Å². The molecule has 2 rings (SSSR count). The van der Waals surface area contributed by atoms with E-state index in [1.807, 2.05) is 0 Å². The van der Waals surface area contributed by atoms with Crippen LogP contribution < -0.4 is 9.47 Å². The summed E-state index contributed by atoms with van der Waals surface area (Å²) in [5, 5.41) is 17.8. The molecule has 0 atom stereocenters. The molecule has 0 unspecified atom stereocenters. The first kappa shape index (κ1) is 17.3. The molecule has 0 aromatic heterocycles. The highest BCUT2D eigenvalue weighted by Gasteiger charge is 2.25. The molecule has 0 saturated heterocycles. The van der Waals surface area contributed by atoms with Gasteiger partial charge in [0.05, 0.1) is 18.1 Å². The summed E-state index contributed by atoms with van der Waals surface area (Å²) in [5.74, 6) is 0.225. The van der Waals surface area contributed by atoms with Crippen LogP contribution in [0.1, 0.15) is 0 Å². The molecule has 0 aliphatic carbocycles. The van der Waals surface area contributed by atoms with Gasteiger partial charge in [0.1, 0.15) is 18.1 Å². The minimum Gasteiger partial charge on any atom is -0.487 e. The molecule has 0 saturated carbocycles.